The molecule has 2 nitrogen and oxygen atoms in total. The maximum atomic E-state index is 13.2. The van der Waals surface area contributed by atoms with Gasteiger partial charge in [-0.25, -0.2) is 4.39 Å². The van der Waals surface area contributed by atoms with Gasteiger partial charge in [0.15, 0.2) is 0 Å². The molecular formula is C13H18FNO. The third-order valence-electron chi connectivity index (χ3n) is 2.35. The molecule has 0 aliphatic heterocycles. The standard InChI is InChI=1S/C13H18FNO/c1-10(2)7-8-15-13(16)9-11-5-3-4-6-12(11)14/h3-6,10H,7-9H2,1-2H3,(H,15,16). The van der Waals surface area contributed by atoms with Gasteiger partial charge in [0.05, 0.1) is 6.42 Å². The number of carbonyl (C=O) groups is 1. The number of carbonyl (C=O) groups excluding carboxylic acids is 1. The van der Waals surface area contributed by atoms with Crippen LogP contribution in [-0.4, -0.2) is 12.5 Å². The molecule has 16 heavy (non-hydrogen) atoms. The number of halogens is 1. The van der Waals surface area contributed by atoms with Crippen LogP contribution in [0.15, 0.2) is 24.3 Å². The molecule has 0 aromatic heterocycles. The van der Waals surface area contributed by atoms with Gasteiger partial charge in [-0.1, -0.05) is 32.0 Å². The van der Waals surface area contributed by atoms with Crippen LogP contribution in [0.2, 0.25) is 0 Å². The van der Waals surface area contributed by atoms with Gasteiger partial charge < -0.3 is 5.32 Å². The van der Waals surface area contributed by atoms with Gasteiger partial charge in [-0.15, -0.1) is 0 Å². The number of hydrogen-bond acceptors (Lipinski definition) is 1. The zero-order chi connectivity index (χ0) is 12.0. The zero-order valence-electron chi connectivity index (χ0n) is 9.79. The molecule has 0 heterocycles. The van der Waals surface area contributed by atoms with Gasteiger partial charge in [-0.2, -0.15) is 0 Å². The highest BCUT2D eigenvalue weighted by Gasteiger charge is 2.06. The van der Waals surface area contributed by atoms with Crippen molar-refractivity contribution in [2.24, 2.45) is 5.92 Å². The van der Waals surface area contributed by atoms with E-state index in [1.54, 1.807) is 18.2 Å². The van der Waals surface area contributed by atoms with Crippen LogP contribution in [0.25, 0.3) is 0 Å². The molecule has 1 N–H and O–H groups in total. The Morgan fingerprint density at radius 1 is 1.38 bits per heavy atom. The molecule has 0 spiro atoms. The first-order chi connectivity index (χ1) is 7.59. The van der Waals surface area contributed by atoms with E-state index in [9.17, 15) is 9.18 Å². The third kappa shape index (κ3) is 4.43. The minimum Gasteiger partial charge on any atom is -0.356 e. The average Bonchev–Trinajstić information content (AvgIpc) is 2.21. The maximum absolute atomic E-state index is 13.2. The highest BCUT2D eigenvalue weighted by atomic mass is 19.1. The summed E-state index contributed by atoms with van der Waals surface area (Å²) in [5.41, 5.74) is 0.449. The second-order valence-corrected chi connectivity index (χ2v) is 4.30. The first-order valence-electron chi connectivity index (χ1n) is 5.59. The third-order valence-corrected chi connectivity index (χ3v) is 2.35. The van der Waals surface area contributed by atoms with Crippen molar-refractivity contribution in [1.29, 1.82) is 0 Å². The van der Waals surface area contributed by atoms with Crippen molar-refractivity contribution in [2.45, 2.75) is 26.7 Å². The summed E-state index contributed by atoms with van der Waals surface area (Å²) in [7, 11) is 0. The number of nitrogens with one attached hydrogen (secondary N) is 1. The van der Waals surface area contributed by atoms with Gasteiger partial charge in [0.2, 0.25) is 5.91 Å². The van der Waals surface area contributed by atoms with E-state index in [0.717, 1.165) is 6.42 Å². The monoisotopic (exact) mass is 223 g/mol. The molecule has 0 unspecified atom stereocenters. The largest absolute Gasteiger partial charge is 0.356 e. The molecule has 88 valence electrons. The van der Waals surface area contributed by atoms with Crippen LogP contribution in [0, 0.1) is 11.7 Å². The Hall–Kier alpha value is -1.38. The summed E-state index contributed by atoms with van der Waals surface area (Å²) in [5.74, 6) is 0.126. The molecule has 1 amide bonds. The summed E-state index contributed by atoms with van der Waals surface area (Å²) in [5, 5.41) is 2.78. The Bertz CT molecular complexity index is 350. The molecule has 0 saturated carbocycles. The summed E-state index contributed by atoms with van der Waals surface area (Å²) in [6.45, 7) is 4.86. The van der Waals surface area contributed by atoms with E-state index in [2.05, 4.69) is 19.2 Å². The molecule has 0 bridgehead atoms. The van der Waals surface area contributed by atoms with E-state index in [-0.39, 0.29) is 18.1 Å². The van der Waals surface area contributed by atoms with Crippen molar-refractivity contribution < 1.29 is 9.18 Å². The Morgan fingerprint density at radius 2 is 2.06 bits per heavy atom. The highest BCUT2D eigenvalue weighted by Crippen LogP contribution is 2.06. The van der Waals surface area contributed by atoms with Crippen molar-refractivity contribution in [2.75, 3.05) is 6.54 Å². The van der Waals surface area contributed by atoms with E-state index >= 15 is 0 Å². The molecule has 1 aromatic carbocycles. The zero-order valence-corrected chi connectivity index (χ0v) is 9.79. The summed E-state index contributed by atoms with van der Waals surface area (Å²) < 4.78 is 13.2. The van der Waals surface area contributed by atoms with E-state index in [0.29, 0.717) is 18.0 Å². The SMILES string of the molecule is CC(C)CCNC(=O)Cc1ccccc1F. The van der Waals surface area contributed by atoms with E-state index < -0.39 is 0 Å². The van der Waals surface area contributed by atoms with Crippen molar-refractivity contribution in [3.05, 3.63) is 35.6 Å². The molecule has 0 saturated heterocycles. The average molecular weight is 223 g/mol. The van der Waals surface area contributed by atoms with Crippen LogP contribution in [0.5, 0.6) is 0 Å². The van der Waals surface area contributed by atoms with Crippen molar-refractivity contribution in [3.63, 3.8) is 0 Å². The normalized spacial score (nSPS) is 10.5. The molecule has 0 aliphatic rings. The second-order valence-electron chi connectivity index (χ2n) is 4.30. The maximum Gasteiger partial charge on any atom is 0.224 e. The van der Waals surface area contributed by atoms with Crippen molar-refractivity contribution in [3.8, 4) is 0 Å². The van der Waals surface area contributed by atoms with Crippen LogP contribution in [0.1, 0.15) is 25.8 Å². The first-order valence-corrected chi connectivity index (χ1v) is 5.59. The summed E-state index contributed by atoms with van der Waals surface area (Å²) in [6, 6.07) is 6.36. The lowest BCUT2D eigenvalue weighted by molar-refractivity contribution is -0.120. The lowest BCUT2D eigenvalue weighted by Gasteiger charge is -2.07. The Labute approximate surface area is 95.9 Å². The van der Waals surface area contributed by atoms with Crippen LogP contribution >= 0.6 is 0 Å². The Morgan fingerprint density at radius 3 is 2.69 bits per heavy atom. The van der Waals surface area contributed by atoms with E-state index in [1.807, 2.05) is 0 Å². The molecular weight excluding hydrogens is 205 g/mol. The summed E-state index contributed by atoms with van der Waals surface area (Å²) >= 11 is 0. The molecule has 0 fully saturated rings. The fourth-order valence-electron chi connectivity index (χ4n) is 1.38. The van der Waals surface area contributed by atoms with Gasteiger partial charge in [0.1, 0.15) is 5.82 Å². The van der Waals surface area contributed by atoms with Crippen LogP contribution in [0.3, 0.4) is 0 Å². The molecule has 0 aliphatic carbocycles. The molecule has 1 aromatic rings. The van der Waals surface area contributed by atoms with Crippen molar-refractivity contribution >= 4 is 5.91 Å². The molecule has 0 radical (unpaired) electrons. The van der Waals surface area contributed by atoms with E-state index in [4.69, 9.17) is 0 Å². The van der Waals surface area contributed by atoms with Crippen LogP contribution in [0.4, 0.5) is 4.39 Å². The van der Waals surface area contributed by atoms with Gasteiger partial charge in [0.25, 0.3) is 0 Å². The minimum absolute atomic E-state index is 0.116. The van der Waals surface area contributed by atoms with Crippen LogP contribution < -0.4 is 5.32 Å². The predicted octanol–water partition coefficient (Wildman–Crippen LogP) is 2.53. The number of benzene rings is 1. The topological polar surface area (TPSA) is 29.1 Å². The smallest absolute Gasteiger partial charge is 0.224 e. The van der Waals surface area contributed by atoms with E-state index in [1.165, 1.54) is 6.07 Å². The predicted molar refractivity (Wildman–Crippen MR) is 62.6 cm³/mol. The fourth-order valence-corrected chi connectivity index (χ4v) is 1.38. The summed E-state index contributed by atoms with van der Waals surface area (Å²) in [6.07, 6.45) is 1.06. The van der Waals surface area contributed by atoms with Gasteiger partial charge in [0, 0.05) is 6.54 Å². The molecule has 1 rings (SSSR count). The molecule has 0 atom stereocenters. The number of amides is 1. The van der Waals surface area contributed by atoms with Gasteiger partial charge >= 0.3 is 0 Å². The Kier molecular flexibility index (Phi) is 4.96. The minimum atomic E-state index is -0.318. The van der Waals surface area contributed by atoms with Gasteiger partial charge in [-0.3, -0.25) is 4.79 Å². The number of rotatable bonds is 5. The number of hydrogen-bond donors (Lipinski definition) is 1. The summed E-state index contributed by atoms with van der Waals surface area (Å²) in [4.78, 5) is 11.5. The lowest BCUT2D eigenvalue weighted by atomic mass is 10.1. The Balaban J connectivity index is 2.37. The first kappa shape index (κ1) is 12.7. The molecule has 3 heteroatoms. The fraction of sp³-hybridized carbons (Fsp3) is 0.462. The second kappa shape index (κ2) is 6.26. The lowest BCUT2D eigenvalue weighted by Crippen LogP contribution is -2.27. The van der Waals surface area contributed by atoms with Gasteiger partial charge in [-0.05, 0) is 24.0 Å². The van der Waals surface area contributed by atoms with Crippen molar-refractivity contribution in [1.82, 2.24) is 5.32 Å². The van der Waals surface area contributed by atoms with Crippen LogP contribution in [-0.2, 0) is 11.2 Å². The highest BCUT2D eigenvalue weighted by molar-refractivity contribution is 5.78. The quantitative estimate of drug-likeness (QED) is 0.816.